The van der Waals surface area contributed by atoms with Crippen molar-refractivity contribution in [3.8, 4) is 0 Å². The molecule has 3 N–H and O–H groups in total. The number of carbonyl (C=O) groups is 1. The Morgan fingerprint density at radius 3 is 2.30 bits per heavy atom. The number of nitrogens with zero attached hydrogens (tertiary/aromatic N) is 1. The number of carbonyl (C=O) groups excluding carboxylic acids is 1. The van der Waals surface area contributed by atoms with Gasteiger partial charge < -0.3 is 20.2 Å². The summed E-state index contributed by atoms with van der Waals surface area (Å²) in [6.07, 6.45) is -1.25. The van der Waals surface area contributed by atoms with Crippen LogP contribution in [0, 0.1) is 23.2 Å². The van der Waals surface area contributed by atoms with Crippen molar-refractivity contribution in [2.45, 2.75) is 121 Å². The third-order valence-corrected chi connectivity index (χ3v) is 11.4. The number of alkyl halides is 6. The summed E-state index contributed by atoms with van der Waals surface area (Å²) in [5, 5.41) is 31.3. The molecule has 4 aliphatic rings. The minimum Gasteiger partial charge on any atom is -0.393 e. The average Bonchev–Trinajstić information content (AvgIpc) is 3.42. The van der Waals surface area contributed by atoms with Crippen LogP contribution >= 0.6 is 0 Å². The molecule has 1 aliphatic heterocycles. The highest BCUT2D eigenvalue weighted by molar-refractivity contribution is 5.87. The zero-order valence-corrected chi connectivity index (χ0v) is 27.1. The van der Waals surface area contributed by atoms with Crippen LogP contribution in [0.25, 0.3) is 0 Å². The summed E-state index contributed by atoms with van der Waals surface area (Å²) in [5.41, 5.74) is -2.20. The Labute approximate surface area is 272 Å². The van der Waals surface area contributed by atoms with Gasteiger partial charge in [0.25, 0.3) is 5.91 Å². The summed E-state index contributed by atoms with van der Waals surface area (Å²) in [7, 11) is 0. The third kappa shape index (κ3) is 7.22. The highest BCUT2D eigenvalue weighted by atomic mass is 19.4. The SMILES string of the molecule is C=C1/C(=C\C=C2/CCC[C@]3(C)[C@@H]([C@H](C)C[C@H]4C[C@@](C)(O)C(=O)N4Cc4cc(C(F)(F)F)cc(C(F)(F)F)c4)CC[C@@H]23)C[C@@H](O)C[C@@H]1O. The van der Waals surface area contributed by atoms with Crippen molar-refractivity contribution >= 4 is 5.91 Å². The fraction of sp³-hybridized carbons (Fsp3) is 0.639. The first-order valence-corrected chi connectivity index (χ1v) is 16.5. The number of halogens is 6. The van der Waals surface area contributed by atoms with Crippen molar-refractivity contribution < 1.29 is 46.5 Å². The molecule has 1 heterocycles. The molecule has 0 bridgehead atoms. The number of benzene rings is 1. The van der Waals surface area contributed by atoms with Crippen molar-refractivity contribution in [1.29, 1.82) is 0 Å². The number of aliphatic hydroxyl groups is 3. The van der Waals surface area contributed by atoms with E-state index < -0.39 is 59.8 Å². The number of amides is 1. The molecule has 0 unspecified atom stereocenters. The van der Waals surface area contributed by atoms with E-state index in [-0.39, 0.29) is 41.7 Å². The maximum absolute atomic E-state index is 13.5. The Morgan fingerprint density at radius 2 is 1.68 bits per heavy atom. The monoisotopic (exact) mass is 669 g/mol. The van der Waals surface area contributed by atoms with E-state index in [0.717, 1.165) is 37.7 Å². The first kappa shape index (κ1) is 35.7. The molecule has 5 rings (SSSR count). The van der Waals surface area contributed by atoms with E-state index >= 15 is 0 Å². The Morgan fingerprint density at radius 1 is 1.04 bits per heavy atom. The van der Waals surface area contributed by atoms with E-state index in [2.05, 4.69) is 26.5 Å². The molecule has 0 spiro atoms. The van der Waals surface area contributed by atoms with Crippen LogP contribution in [-0.4, -0.2) is 50.0 Å². The van der Waals surface area contributed by atoms with Gasteiger partial charge in [0, 0.05) is 25.4 Å². The van der Waals surface area contributed by atoms with Crippen molar-refractivity contribution in [3.05, 3.63) is 70.3 Å². The Hall–Kier alpha value is -2.63. The zero-order chi connectivity index (χ0) is 34.7. The molecule has 0 aromatic heterocycles. The normalized spacial score (nSPS) is 36.0. The van der Waals surface area contributed by atoms with Crippen LogP contribution < -0.4 is 0 Å². The molecule has 1 aromatic carbocycles. The summed E-state index contributed by atoms with van der Waals surface area (Å²) in [5.74, 6) is -0.0770. The summed E-state index contributed by atoms with van der Waals surface area (Å²) in [6.45, 7) is 9.26. The maximum Gasteiger partial charge on any atom is 0.416 e. The van der Waals surface area contributed by atoms with Crippen LogP contribution in [0.4, 0.5) is 26.3 Å². The Bertz CT molecular complexity index is 1410. The van der Waals surface area contributed by atoms with E-state index in [1.54, 1.807) is 0 Å². The van der Waals surface area contributed by atoms with Crippen LogP contribution in [0.15, 0.2) is 53.6 Å². The van der Waals surface area contributed by atoms with Crippen molar-refractivity contribution in [2.24, 2.45) is 23.2 Å². The molecule has 4 fully saturated rings. The number of hydrogen-bond acceptors (Lipinski definition) is 4. The summed E-state index contributed by atoms with van der Waals surface area (Å²) in [4.78, 5) is 14.6. The number of rotatable bonds is 6. The first-order chi connectivity index (χ1) is 21.7. The molecule has 1 saturated heterocycles. The van der Waals surface area contributed by atoms with Gasteiger partial charge >= 0.3 is 12.4 Å². The quantitative estimate of drug-likeness (QED) is 0.271. The highest BCUT2D eigenvalue weighted by Crippen LogP contribution is 2.60. The molecule has 1 amide bonds. The number of fused-ring (bicyclic) bond motifs is 1. The van der Waals surface area contributed by atoms with Gasteiger partial charge in [-0.05, 0) is 110 Å². The summed E-state index contributed by atoms with van der Waals surface area (Å²) >= 11 is 0. The largest absolute Gasteiger partial charge is 0.416 e. The smallest absolute Gasteiger partial charge is 0.393 e. The van der Waals surface area contributed by atoms with Crippen LogP contribution in [0.2, 0.25) is 0 Å². The van der Waals surface area contributed by atoms with Crippen LogP contribution in [0.5, 0.6) is 0 Å². The molecule has 3 aliphatic carbocycles. The lowest BCUT2D eigenvalue weighted by atomic mass is 9.60. The van der Waals surface area contributed by atoms with Crippen LogP contribution in [-0.2, 0) is 23.7 Å². The minimum absolute atomic E-state index is 0.0361. The lowest BCUT2D eigenvalue weighted by Crippen LogP contribution is -2.40. The predicted molar refractivity (Wildman–Crippen MR) is 165 cm³/mol. The van der Waals surface area contributed by atoms with Gasteiger partial charge in [0.1, 0.15) is 5.60 Å². The minimum atomic E-state index is -5.00. The average molecular weight is 670 g/mol. The molecule has 1 aromatic rings. The second kappa shape index (κ2) is 12.7. The second-order valence-electron chi connectivity index (χ2n) is 14.9. The maximum atomic E-state index is 13.5. The molecular weight excluding hydrogens is 624 g/mol. The third-order valence-electron chi connectivity index (χ3n) is 11.4. The van der Waals surface area contributed by atoms with E-state index in [9.17, 15) is 46.5 Å². The molecule has 5 nitrogen and oxygen atoms in total. The van der Waals surface area contributed by atoms with Gasteiger partial charge in [-0.1, -0.05) is 38.2 Å². The number of aliphatic hydroxyl groups excluding tert-OH is 2. The van der Waals surface area contributed by atoms with Gasteiger partial charge in [0.05, 0.1) is 23.3 Å². The van der Waals surface area contributed by atoms with E-state index in [0.29, 0.717) is 36.5 Å². The van der Waals surface area contributed by atoms with E-state index in [1.807, 2.05) is 6.08 Å². The van der Waals surface area contributed by atoms with Crippen LogP contribution in [0.3, 0.4) is 0 Å². The number of allylic oxidation sites excluding steroid dienone is 3. The van der Waals surface area contributed by atoms with Gasteiger partial charge in [-0.15, -0.1) is 0 Å². The highest BCUT2D eigenvalue weighted by Gasteiger charge is 2.53. The number of hydrogen-bond donors (Lipinski definition) is 3. The first-order valence-electron chi connectivity index (χ1n) is 16.5. The lowest BCUT2D eigenvalue weighted by molar-refractivity contribution is -0.143. The lowest BCUT2D eigenvalue weighted by Gasteiger charge is -2.45. The summed E-state index contributed by atoms with van der Waals surface area (Å²) in [6, 6.07) is 0.809. The fourth-order valence-electron chi connectivity index (χ4n) is 9.12. The van der Waals surface area contributed by atoms with Gasteiger partial charge in [0.15, 0.2) is 0 Å². The Kier molecular flexibility index (Phi) is 9.62. The second-order valence-corrected chi connectivity index (χ2v) is 14.9. The Balaban J connectivity index is 1.36. The van der Waals surface area contributed by atoms with Crippen molar-refractivity contribution in [1.82, 2.24) is 4.90 Å². The molecule has 3 saturated carbocycles. The molecule has 8 atom stereocenters. The standard InChI is InChI=1S/C36H45F6NO4/c1-20(29-9-10-30-23(6-5-11-33(29,30)3)7-8-24-15-28(44)17-31(45)21(24)2)12-27-18-34(4,47)32(46)43(27)19-22-13-25(35(37,38)39)16-26(14-22)36(40,41)42/h7-8,13-14,16,20,27-31,44-45,47H,2,5-6,9-12,15,17-19H2,1,3-4H3/b23-7+,24-8-/t20-,27+,28-,29-,30+,31+,33-,34-/m1/s1. The predicted octanol–water partition coefficient (Wildman–Crippen LogP) is 7.74. The van der Waals surface area contributed by atoms with E-state index in [4.69, 9.17) is 0 Å². The molecule has 260 valence electrons. The van der Waals surface area contributed by atoms with Gasteiger partial charge in [-0.3, -0.25) is 4.79 Å². The molecule has 47 heavy (non-hydrogen) atoms. The number of likely N-dealkylation sites (tertiary alicyclic amines) is 1. The van der Waals surface area contributed by atoms with Gasteiger partial charge in [-0.25, -0.2) is 0 Å². The zero-order valence-electron chi connectivity index (χ0n) is 27.1. The van der Waals surface area contributed by atoms with Crippen molar-refractivity contribution in [3.63, 3.8) is 0 Å². The van der Waals surface area contributed by atoms with Gasteiger partial charge in [-0.2, -0.15) is 26.3 Å². The molecular formula is C36H45F6NO4. The van der Waals surface area contributed by atoms with Crippen molar-refractivity contribution in [2.75, 3.05) is 0 Å². The summed E-state index contributed by atoms with van der Waals surface area (Å²) < 4.78 is 81.3. The molecule has 0 radical (unpaired) electrons. The van der Waals surface area contributed by atoms with Crippen LogP contribution in [0.1, 0.15) is 95.2 Å². The topological polar surface area (TPSA) is 81.0 Å². The van der Waals surface area contributed by atoms with Gasteiger partial charge in [0.2, 0.25) is 0 Å². The molecule has 11 heteroatoms. The fourth-order valence-corrected chi connectivity index (χ4v) is 9.12. The van der Waals surface area contributed by atoms with E-state index in [1.165, 1.54) is 17.4 Å².